The van der Waals surface area contributed by atoms with Crippen molar-refractivity contribution in [3.05, 3.63) is 12.7 Å². The van der Waals surface area contributed by atoms with Gasteiger partial charge in [0.1, 0.15) is 0 Å². The molecule has 3 nitrogen and oxygen atoms in total. The van der Waals surface area contributed by atoms with Gasteiger partial charge in [0.25, 0.3) is 0 Å². The third kappa shape index (κ3) is 2.29. The molecule has 1 saturated heterocycles. The normalized spacial score (nSPS) is 38.5. The van der Waals surface area contributed by atoms with Crippen LogP contribution in [0.1, 0.15) is 13.3 Å². The number of ether oxygens (including phenoxy) is 2. The van der Waals surface area contributed by atoms with Crippen LogP contribution in [-0.4, -0.2) is 25.0 Å². The van der Waals surface area contributed by atoms with Crippen LogP contribution in [-0.2, 0) is 9.47 Å². The van der Waals surface area contributed by atoms with Crippen LogP contribution in [0.4, 0.5) is 0 Å². The van der Waals surface area contributed by atoms with Crippen molar-refractivity contribution >= 4 is 0 Å². The van der Waals surface area contributed by atoms with E-state index in [0.29, 0.717) is 6.61 Å². The zero-order valence-electron chi connectivity index (χ0n) is 6.82. The van der Waals surface area contributed by atoms with Crippen molar-refractivity contribution in [3.8, 4) is 0 Å². The number of nitrogens with two attached hydrogens (primary N) is 1. The van der Waals surface area contributed by atoms with Crippen molar-refractivity contribution in [2.45, 2.75) is 31.8 Å². The summed E-state index contributed by atoms with van der Waals surface area (Å²) in [7, 11) is 0. The lowest BCUT2D eigenvalue weighted by molar-refractivity contribution is -0.212. The van der Waals surface area contributed by atoms with Crippen LogP contribution < -0.4 is 5.73 Å². The van der Waals surface area contributed by atoms with Gasteiger partial charge in [0.05, 0.1) is 18.8 Å². The van der Waals surface area contributed by atoms with E-state index in [1.54, 1.807) is 6.08 Å². The molecule has 1 fully saturated rings. The predicted molar refractivity (Wildman–Crippen MR) is 43.1 cm³/mol. The molecule has 0 aromatic carbocycles. The molecule has 0 unspecified atom stereocenters. The van der Waals surface area contributed by atoms with Crippen molar-refractivity contribution in [2.75, 3.05) is 6.61 Å². The molecule has 3 heteroatoms. The molecule has 3 atom stereocenters. The van der Waals surface area contributed by atoms with Crippen LogP contribution in [0, 0.1) is 0 Å². The lowest BCUT2D eigenvalue weighted by Gasteiger charge is -2.32. The highest BCUT2D eigenvalue weighted by Crippen LogP contribution is 2.13. The summed E-state index contributed by atoms with van der Waals surface area (Å²) in [6.45, 7) is 6.15. The molecule has 0 aromatic heterocycles. The SMILES string of the molecule is C=CC[C@H]1OC[C@@H](N)[C@@H](C)O1. The molecule has 0 bridgehead atoms. The van der Waals surface area contributed by atoms with Crippen molar-refractivity contribution in [2.24, 2.45) is 5.73 Å². The second-order valence-electron chi connectivity index (χ2n) is 2.79. The monoisotopic (exact) mass is 157 g/mol. The summed E-state index contributed by atoms with van der Waals surface area (Å²) in [6, 6.07) is 0.0102. The van der Waals surface area contributed by atoms with Crippen LogP contribution in [0.2, 0.25) is 0 Å². The minimum absolute atomic E-state index is 0.0102. The van der Waals surface area contributed by atoms with Crippen molar-refractivity contribution in [1.82, 2.24) is 0 Å². The Kier molecular flexibility index (Phi) is 3.05. The Bertz CT molecular complexity index is 138. The van der Waals surface area contributed by atoms with E-state index in [9.17, 15) is 0 Å². The number of hydrogen-bond acceptors (Lipinski definition) is 3. The molecule has 1 aliphatic rings. The van der Waals surface area contributed by atoms with Gasteiger partial charge in [0.15, 0.2) is 6.29 Å². The second kappa shape index (κ2) is 3.85. The lowest BCUT2D eigenvalue weighted by Crippen LogP contribution is -2.47. The van der Waals surface area contributed by atoms with E-state index in [2.05, 4.69) is 6.58 Å². The lowest BCUT2D eigenvalue weighted by atomic mass is 10.2. The summed E-state index contributed by atoms with van der Waals surface area (Å²) in [5, 5.41) is 0. The summed E-state index contributed by atoms with van der Waals surface area (Å²) in [6.07, 6.45) is 2.47. The number of hydrogen-bond donors (Lipinski definition) is 1. The van der Waals surface area contributed by atoms with Gasteiger partial charge >= 0.3 is 0 Å². The highest BCUT2D eigenvalue weighted by atomic mass is 16.7. The summed E-state index contributed by atoms with van der Waals surface area (Å²) in [4.78, 5) is 0. The summed E-state index contributed by atoms with van der Waals surface area (Å²) in [5.74, 6) is 0. The largest absolute Gasteiger partial charge is 0.351 e. The molecule has 0 radical (unpaired) electrons. The molecule has 0 aliphatic carbocycles. The minimum atomic E-state index is -0.137. The van der Waals surface area contributed by atoms with Crippen molar-refractivity contribution in [1.29, 1.82) is 0 Å². The fourth-order valence-corrected chi connectivity index (χ4v) is 0.993. The Morgan fingerprint density at radius 1 is 1.73 bits per heavy atom. The van der Waals surface area contributed by atoms with E-state index in [4.69, 9.17) is 15.2 Å². The molecule has 64 valence electrons. The van der Waals surface area contributed by atoms with E-state index in [0.717, 1.165) is 6.42 Å². The smallest absolute Gasteiger partial charge is 0.161 e. The first-order valence-electron chi connectivity index (χ1n) is 3.87. The standard InChI is InChI=1S/C8H15NO2/c1-3-4-8-10-5-7(9)6(2)11-8/h3,6-8H,1,4-5,9H2,2H3/t6-,7-,8+/m1/s1. The van der Waals surface area contributed by atoms with Gasteiger partial charge in [-0.1, -0.05) is 6.08 Å². The van der Waals surface area contributed by atoms with Crippen molar-refractivity contribution < 1.29 is 9.47 Å². The second-order valence-corrected chi connectivity index (χ2v) is 2.79. The Hall–Kier alpha value is -0.380. The Morgan fingerprint density at radius 3 is 3.00 bits per heavy atom. The highest BCUT2D eigenvalue weighted by Gasteiger charge is 2.24. The number of rotatable bonds is 2. The van der Waals surface area contributed by atoms with Crippen LogP contribution >= 0.6 is 0 Å². The van der Waals surface area contributed by atoms with Gasteiger partial charge in [-0.3, -0.25) is 0 Å². The fourth-order valence-electron chi connectivity index (χ4n) is 0.993. The predicted octanol–water partition coefficient (Wildman–Crippen LogP) is 0.651. The van der Waals surface area contributed by atoms with Crippen LogP contribution in [0.3, 0.4) is 0 Å². The third-order valence-corrected chi connectivity index (χ3v) is 1.80. The average molecular weight is 157 g/mol. The molecule has 1 heterocycles. The quantitative estimate of drug-likeness (QED) is 0.598. The van der Waals surface area contributed by atoms with E-state index in [1.165, 1.54) is 0 Å². The Balaban J connectivity index is 2.33. The molecule has 11 heavy (non-hydrogen) atoms. The van der Waals surface area contributed by atoms with Gasteiger partial charge in [-0.05, 0) is 6.92 Å². The molecule has 0 saturated carbocycles. The topological polar surface area (TPSA) is 44.5 Å². The Labute approximate surface area is 67.2 Å². The van der Waals surface area contributed by atoms with Gasteiger partial charge < -0.3 is 15.2 Å². The van der Waals surface area contributed by atoms with E-state index in [1.807, 2.05) is 6.92 Å². The Morgan fingerprint density at radius 2 is 2.45 bits per heavy atom. The molecular formula is C8H15NO2. The molecule has 1 aliphatic heterocycles. The molecule has 0 spiro atoms. The minimum Gasteiger partial charge on any atom is -0.351 e. The maximum absolute atomic E-state index is 5.66. The van der Waals surface area contributed by atoms with E-state index < -0.39 is 0 Å². The van der Waals surface area contributed by atoms with Gasteiger partial charge in [-0.25, -0.2) is 0 Å². The van der Waals surface area contributed by atoms with Crippen LogP contribution in [0.15, 0.2) is 12.7 Å². The summed E-state index contributed by atoms with van der Waals surface area (Å²) in [5.41, 5.74) is 5.66. The van der Waals surface area contributed by atoms with Gasteiger partial charge in [-0.2, -0.15) is 0 Å². The summed E-state index contributed by atoms with van der Waals surface area (Å²) >= 11 is 0. The molecule has 1 rings (SSSR count). The highest BCUT2D eigenvalue weighted by molar-refractivity contribution is 4.77. The average Bonchev–Trinajstić information content (AvgIpc) is 1.98. The maximum Gasteiger partial charge on any atom is 0.161 e. The third-order valence-electron chi connectivity index (χ3n) is 1.80. The van der Waals surface area contributed by atoms with Crippen molar-refractivity contribution in [3.63, 3.8) is 0 Å². The molecular weight excluding hydrogens is 142 g/mol. The zero-order valence-corrected chi connectivity index (χ0v) is 6.82. The molecule has 0 amide bonds. The van der Waals surface area contributed by atoms with Gasteiger partial charge in [0.2, 0.25) is 0 Å². The first-order valence-corrected chi connectivity index (χ1v) is 3.87. The van der Waals surface area contributed by atoms with E-state index >= 15 is 0 Å². The zero-order chi connectivity index (χ0) is 8.27. The van der Waals surface area contributed by atoms with Crippen LogP contribution in [0.5, 0.6) is 0 Å². The van der Waals surface area contributed by atoms with Gasteiger partial charge in [0, 0.05) is 6.42 Å². The fraction of sp³-hybridized carbons (Fsp3) is 0.750. The van der Waals surface area contributed by atoms with Gasteiger partial charge in [-0.15, -0.1) is 6.58 Å². The van der Waals surface area contributed by atoms with E-state index in [-0.39, 0.29) is 18.4 Å². The summed E-state index contributed by atoms with van der Waals surface area (Å²) < 4.78 is 10.7. The first kappa shape index (κ1) is 8.71. The first-order chi connectivity index (χ1) is 5.24. The molecule has 0 aromatic rings. The molecule has 2 N–H and O–H groups in total. The maximum atomic E-state index is 5.66. The van der Waals surface area contributed by atoms with Crippen LogP contribution in [0.25, 0.3) is 0 Å².